The summed E-state index contributed by atoms with van der Waals surface area (Å²) in [5, 5.41) is 2.96. The van der Waals surface area contributed by atoms with Gasteiger partial charge in [-0.05, 0) is 43.5 Å². The fourth-order valence-corrected chi connectivity index (χ4v) is 3.19. The largest absolute Gasteiger partial charge is 0.356 e. The van der Waals surface area contributed by atoms with Crippen LogP contribution in [0.25, 0.3) is 0 Å². The van der Waals surface area contributed by atoms with Crippen molar-refractivity contribution in [3.05, 3.63) is 54.4 Å². The summed E-state index contributed by atoms with van der Waals surface area (Å²) in [7, 11) is 0. The van der Waals surface area contributed by atoms with Gasteiger partial charge in [-0.25, -0.2) is 9.37 Å². The van der Waals surface area contributed by atoms with Crippen LogP contribution in [-0.4, -0.2) is 45.9 Å². The molecule has 138 valence electrons. The van der Waals surface area contributed by atoms with Crippen LogP contribution < -0.4 is 5.32 Å². The molecular weight excluding hydrogens is 335 g/mol. The first kappa shape index (κ1) is 18.1. The average Bonchev–Trinajstić information content (AvgIpc) is 3.19. The summed E-state index contributed by atoms with van der Waals surface area (Å²) in [5.41, 5.74) is 0.452. The number of carbonyl (C=O) groups excluding carboxylic acids is 2. The fraction of sp³-hybridized carbons (Fsp3) is 0.421. The predicted octanol–water partition coefficient (Wildman–Crippen LogP) is 2.08. The molecule has 6 nitrogen and oxygen atoms in total. The molecule has 0 spiro atoms. The Morgan fingerprint density at radius 2 is 2.08 bits per heavy atom. The smallest absolute Gasteiger partial charge is 0.253 e. The van der Waals surface area contributed by atoms with Crippen molar-refractivity contribution in [1.29, 1.82) is 0 Å². The third-order valence-electron chi connectivity index (χ3n) is 4.62. The zero-order valence-electron chi connectivity index (χ0n) is 14.6. The Balaban J connectivity index is 1.47. The van der Waals surface area contributed by atoms with E-state index < -0.39 is 0 Å². The number of halogens is 1. The molecule has 0 aliphatic carbocycles. The van der Waals surface area contributed by atoms with Gasteiger partial charge >= 0.3 is 0 Å². The number of hydrogen-bond acceptors (Lipinski definition) is 3. The van der Waals surface area contributed by atoms with E-state index >= 15 is 0 Å². The molecule has 1 aromatic heterocycles. The number of likely N-dealkylation sites (tertiary alicyclic amines) is 1. The van der Waals surface area contributed by atoms with E-state index in [0.717, 1.165) is 25.8 Å². The lowest BCUT2D eigenvalue weighted by Gasteiger charge is -2.32. The van der Waals surface area contributed by atoms with Crippen LogP contribution >= 0.6 is 0 Å². The molecule has 1 aromatic carbocycles. The van der Waals surface area contributed by atoms with Crippen LogP contribution in [0.15, 0.2) is 43.0 Å². The molecule has 2 aromatic rings. The first-order valence-corrected chi connectivity index (χ1v) is 8.92. The van der Waals surface area contributed by atoms with Crippen molar-refractivity contribution in [2.45, 2.75) is 25.8 Å². The topological polar surface area (TPSA) is 67.2 Å². The van der Waals surface area contributed by atoms with E-state index in [9.17, 15) is 14.0 Å². The summed E-state index contributed by atoms with van der Waals surface area (Å²) in [4.78, 5) is 30.6. The van der Waals surface area contributed by atoms with E-state index in [0.29, 0.717) is 25.2 Å². The Labute approximate surface area is 152 Å². The highest BCUT2D eigenvalue weighted by atomic mass is 19.1. The molecule has 0 radical (unpaired) electrons. The molecule has 1 saturated heterocycles. The quantitative estimate of drug-likeness (QED) is 0.804. The average molecular weight is 358 g/mol. The lowest BCUT2D eigenvalue weighted by atomic mass is 9.96. The van der Waals surface area contributed by atoms with Crippen molar-refractivity contribution in [1.82, 2.24) is 19.8 Å². The first-order valence-electron chi connectivity index (χ1n) is 8.92. The number of imidazole rings is 1. The SMILES string of the molecule is O=C(NCCCn1ccnc1)C1CCCN(C(=O)c2ccc(F)cc2)C1. The van der Waals surface area contributed by atoms with Gasteiger partial charge < -0.3 is 14.8 Å². The summed E-state index contributed by atoms with van der Waals surface area (Å²) >= 11 is 0. The standard InChI is InChI=1S/C19H23FN4O2/c20-17-6-4-15(5-7-17)19(26)24-11-1-3-16(13-24)18(25)22-8-2-10-23-12-9-21-14-23/h4-7,9,12,14,16H,1-3,8,10-11,13H2,(H,22,25). The molecule has 1 atom stereocenters. The lowest BCUT2D eigenvalue weighted by molar-refractivity contribution is -0.126. The van der Waals surface area contributed by atoms with Crippen LogP contribution in [-0.2, 0) is 11.3 Å². The molecule has 1 aliphatic heterocycles. The molecule has 1 unspecified atom stereocenters. The highest BCUT2D eigenvalue weighted by molar-refractivity contribution is 5.94. The van der Waals surface area contributed by atoms with Crippen molar-refractivity contribution in [3.63, 3.8) is 0 Å². The number of rotatable bonds is 6. The molecule has 1 fully saturated rings. The van der Waals surface area contributed by atoms with Crippen molar-refractivity contribution >= 4 is 11.8 Å². The van der Waals surface area contributed by atoms with Gasteiger partial charge in [0, 0.05) is 44.1 Å². The molecule has 7 heteroatoms. The van der Waals surface area contributed by atoms with Gasteiger partial charge in [0.25, 0.3) is 5.91 Å². The number of hydrogen-bond donors (Lipinski definition) is 1. The van der Waals surface area contributed by atoms with E-state index in [-0.39, 0.29) is 23.5 Å². The highest BCUT2D eigenvalue weighted by Crippen LogP contribution is 2.19. The fourth-order valence-electron chi connectivity index (χ4n) is 3.19. The van der Waals surface area contributed by atoms with Gasteiger partial charge in [-0.15, -0.1) is 0 Å². The Kier molecular flexibility index (Phi) is 5.99. The summed E-state index contributed by atoms with van der Waals surface area (Å²) in [6, 6.07) is 5.53. The lowest BCUT2D eigenvalue weighted by Crippen LogP contribution is -2.45. The zero-order chi connectivity index (χ0) is 18.4. The zero-order valence-corrected chi connectivity index (χ0v) is 14.6. The van der Waals surface area contributed by atoms with Crippen molar-refractivity contribution in [2.75, 3.05) is 19.6 Å². The monoisotopic (exact) mass is 358 g/mol. The van der Waals surface area contributed by atoms with E-state index in [4.69, 9.17) is 0 Å². The number of nitrogens with one attached hydrogen (secondary N) is 1. The van der Waals surface area contributed by atoms with Crippen LogP contribution in [0.3, 0.4) is 0 Å². The number of carbonyl (C=O) groups is 2. The van der Waals surface area contributed by atoms with Gasteiger partial charge in [0.15, 0.2) is 0 Å². The minimum absolute atomic E-state index is 0.00719. The van der Waals surface area contributed by atoms with Crippen LogP contribution in [0, 0.1) is 11.7 Å². The number of nitrogens with zero attached hydrogens (tertiary/aromatic N) is 3. The molecule has 26 heavy (non-hydrogen) atoms. The van der Waals surface area contributed by atoms with Crippen molar-refractivity contribution in [2.24, 2.45) is 5.92 Å². The molecule has 1 aliphatic rings. The van der Waals surface area contributed by atoms with Gasteiger partial charge in [0.1, 0.15) is 5.82 Å². The highest BCUT2D eigenvalue weighted by Gasteiger charge is 2.28. The third kappa shape index (κ3) is 4.68. The Bertz CT molecular complexity index is 731. The maximum absolute atomic E-state index is 13.0. The van der Waals surface area contributed by atoms with Gasteiger partial charge in [0.2, 0.25) is 5.91 Å². The minimum atomic E-state index is -0.367. The summed E-state index contributed by atoms with van der Waals surface area (Å²) in [6.45, 7) is 2.43. The van der Waals surface area contributed by atoms with Crippen LogP contribution in [0.1, 0.15) is 29.6 Å². The molecule has 1 N–H and O–H groups in total. The number of benzene rings is 1. The first-order chi connectivity index (χ1) is 12.6. The van der Waals surface area contributed by atoms with Crippen LogP contribution in [0.2, 0.25) is 0 Å². The predicted molar refractivity (Wildman–Crippen MR) is 94.9 cm³/mol. The number of aromatic nitrogens is 2. The van der Waals surface area contributed by atoms with E-state index in [1.165, 1.54) is 24.3 Å². The van der Waals surface area contributed by atoms with Gasteiger partial charge in [-0.3, -0.25) is 9.59 Å². The summed E-state index contributed by atoms with van der Waals surface area (Å²) in [6.07, 6.45) is 7.77. The molecule has 3 rings (SSSR count). The summed E-state index contributed by atoms with van der Waals surface area (Å²) < 4.78 is 15.0. The second kappa shape index (κ2) is 8.60. The Morgan fingerprint density at radius 1 is 1.27 bits per heavy atom. The van der Waals surface area contributed by atoms with E-state index in [1.807, 2.05) is 10.8 Å². The maximum Gasteiger partial charge on any atom is 0.253 e. The van der Waals surface area contributed by atoms with Crippen molar-refractivity contribution < 1.29 is 14.0 Å². The molecule has 0 bridgehead atoms. The minimum Gasteiger partial charge on any atom is -0.356 e. The number of piperidine rings is 1. The summed E-state index contributed by atoms with van der Waals surface area (Å²) in [5.74, 6) is -0.718. The van der Waals surface area contributed by atoms with Crippen LogP contribution in [0.5, 0.6) is 0 Å². The number of aryl methyl sites for hydroxylation is 1. The van der Waals surface area contributed by atoms with Gasteiger partial charge in [-0.2, -0.15) is 0 Å². The van der Waals surface area contributed by atoms with Gasteiger partial charge in [-0.1, -0.05) is 0 Å². The molecule has 2 amide bonds. The van der Waals surface area contributed by atoms with Gasteiger partial charge in [0.05, 0.1) is 12.2 Å². The normalized spacial score (nSPS) is 17.1. The molecular formula is C19H23FN4O2. The second-order valence-electron chi connectivity index (χ2n) is 6.54. The number of amides is 2. The van der Waals surface area contributed by atoms with E-state index in [2.05, 4.69) is 10.3 Å². The van der Waals surface area contributed by atoms with Crippen molar-refractivity contribution in [3.8, 4) is 0 Å². The molecule has 2 heterocycles. The van der Waals surface area contributed by atoms with Crippen LogP contribution in [0.4, 0.5) is 4.39 Å². The Hall–Kier alpha value is -2.70. The van der Waals surface area contributed by atoms with E-state index in [1.54, 1.807) is 17.4 Å². The maximum atomic E-state index is 13.0. The Morgan fingerprint density at radius 3 is 2.81 bits per heavy atom. The second-order valence-corrected chi connectivity index (χ2v) is 6.54. The third-order valence-corrected chi connectivity index (χ3v) is 4.62. The molecule has 0 saturated carbocycles.